The van der Waals surface area contributed by atoms with Crippen molar-refractivity contribution in [3.63, 3.8) is 0 Å². The summed E-state index contributed by atoms with van der Waals surface area (Å²) >= 11 is 0. The minimum Gasteiger partial charge on any atom is -0.481 e. The summed E-state index contributed by atoms with van der Waals surface area (Å²) < 4.78 is 0. The highest BCUT2D eigenvalue weighted by Gasteiger charge is 2.39. The first-order chi connectivity index (χ1) is 15.8. The molecule has 0 amide bonds. The third-order valence-corrected chi connectivity index (χ3v) is 6.39. The van der Waals surface area contributed by atoms with Crippen molar-refractivity contribution in [1.82, 2.24) is 5.32 Å². The summed E-state index contributed by atoms with van der Waals surface area (Å²) in [7, 11) is 0. The Hall–Kier alpha value is -1.33. The maximum absolute atomic E-state index is 10.5. The highest BCUT2D eigenvalue weighted by molar-refractivity contribution is 5.66. The van der Waals surface area contributed by atoms with E-state index in [1.807, 2.05) is 12.2 Å². The van der Waals surface area contributed by atoms with Gasteiger partial charge < -0.3 is 41.1 Å². The van der Waals surface area contributed by atoms with Crippen molar-refractivity contribution in [2.24, 2.45) is 11.8 Å². The van der Waals surface area contributed by atoms with Crippen LogP contribution in [-0.2, 0) is 4.79 Å². The zero-order chi connectivity index (χ0) is 24.7. The summed E-state index contributed by atoms with van der Waals surface area (Å²) in [4.78, 5) is 10.5. The molecule has 1 saturated carbocycles. The van der Waals surface area contributed by atoms with Gasteiger partial charge in [0.1, 0.15) is 0 Å². The fourth-order valence-electron chi connectivity index (χ4n) is 4.13. The second kappa shape index (κ2) is 16.3. The summed E-state index contributed by atoms with van der Waals surface area (Å²) in [5.41, 5.74) is -1.07. The van der Waals surface area contributed by atoms with Gasteiger partial charge in [-0.2, -0.15) is 0 Å². The average molecular weight is 474 g/mol. The van der Waals surface area contributed by atoms with Gasteiger partial charge in [0, 0.05) is 18.8 Å². The Labute approximate surface area is 196 Å². The summed E-state index contributed by atoms with van der Waals surface area (Å²) in [5, 5.41) is 70.3. The summed E-state index contributed by atoms with van der Waals surface area (Å²) in [6, 6.07) is 0. The quantitative estimate of drug-likeness (QED) is 0.103. The molecule has 0 aromatic rings. The molecule has 1 aliphatic rings. The number of carboxylic acids is 1. The highest BCUT2D eigenvalue weighted by Crippen LogP contribution is 2.36. The number of allylic oxidation sites excluding steroid dienone is 2. The van der Waals surface area contributed by atoms with Crippen LogP contribution in [0.4, 0.5) is 0 Å². The van der Waals surface area contributed by atoms with Crippen LogP contribution in [0.2, 0.25) is 0 Å². The molecule has 9 nitrogen and oxygen atoms in total. The van der Waals surface area contributed by atoms with E-state index in [0.29, 0.717) is 38.6 Å². The Balaban J connectivity index is 2.35. The second-order valence-electron chi connectivity index (χ2n) is 9.09. The number of rotatable bonds is 18. The van der Waals surface area contributed by atoms with Gasteiger partial charge in [-0.1, -0.05) is 37.1 Å². The molecule has 0 aliphatic heterocycles. The SMILES string of the molecule is O=C(O)CCC/C=C\C[C@@H]1[C@@H](/C=C/[C@@H](O)CCCCCNC(CO)(CO)CO)[C@H](O)C[C@@H]1O. The molecule has 0 bridgehead atoms. The van der Waals surface area contributed by atoms with Crippen LogP contribution in [0, 0.1) is 11.8 Å². The number of carbonyl (C=O) groups is 1. The number of unbranched alkanes of at least 4 members (excludes halogenated alkanes) is 3. The van der Waals surface area contributed by atoms with E-state index in [4.69, 9.17) is 5.11 Å². The molecule has 0 saturated heterocycles. The lowest BCUT2D eigenvalue weighted by atomic mass is 9.89. The standard InChI is InChI=1S/C24H43NO8/c26-15-24(16-27,17-28)25-13-7-3-4-8-18(29)11-12-20-19(21(30)14-22(20)31)9-5-1-2-6-10-23(32)33/h1,5,11-12,18-22,25-31H,2-4,6-10,13-17H2,(H,32,33)/b5-1-,12-11+/t18-,19+,20+,21-,22+/m0/s1. The van der Waals surface area contributed by atoms with Gasteiger partial charge in [0.25, 0.3) is 0 Å². The highest BCUT2D eigenvalue weighted by atomic mass is 16.4. The Morgan fingerprint density at radius 2 is 1.70 bits per heavy atom. The smallest absolute Gasteiger partial charge is 0.303 e. The van der Waals surface area contributed by atoms with Gasteiger partial charge in [-0.15, -0.1) is 0 Å². The van der Waals surface area contributed by atoms with E-state index in [1.54, 1.807) is 12.2 Å². The Morgan fingerprint density at radius 3 is 2.33 bits per heavy atom. The van der Waals surface area contributed by atoms with E-state index < -0.39 is 29.8 Å². The van der Waals surface area contributed by atoms with Crippen LogP contribution >= 0.6 is 0 Å². The summed E-state index contributed by atoms with van der Waals surface area (Å²) in [6.45, 7) is -0.530. The van der Waals surface area contributed by atoms with E-state index in [2.05, 4.69) is 5.32 Å². The van der Waals surface area contributed by atoms with Crippen LogP contribution in [0.25, 0.3) is 0 Å². The average Bonchev–Trinajstić information content (AvgIpc) is 3.06. The van der Waals surface area contributed by atoms with E-state index in [1.165, 1.54) is 0 Å². The van der Waals surface area contributed by atoms with Crippen LogP contribution in [0.3, 0.4) is 0 Å². The number of carboxylic acid groups (broad SMARTS) is 1. The van der Waals surface area contributed by atoms with Crippen molar-refractivity contribution < 1.29 is 40.5 Å². The maximum Gasteiger partial charge on any atom is 0.303 e. The van der Waals surface area contributed by atoms with Crippen LogP contribution in [0.15, 0.2) is 24.3 Å². The molecule has 0 radical (unpaired) electrons. The molecule has 192 valence electrons. The minimum atomic E-state index is -1.07. The first-order valence-corrected chi connectivity index (χ1v) is 12.0. The molecule has 0 unspecified atom stereocenters. The predicted octanol–water partition coefficient (Wildman–Crippen LogP) is 0.328. The van der Waals surface area contributed by atoms with Gasteiger partial charge in [-0.05, 0) is 44.6 Å². The number of hydrogen-bond acceptors (Lipinski definition) is 8. The third-order valence-electron chi connectivity index (χ3n) is 6.39. The van der Waals surface area contributed by atoms with E-state index in [0.717, 1.165) is 19.3 Å². The fraction of sp³-hybridized carbons (Fsp3) is 0.792. The number of aliphatic carboxylic acids is 1. The fourth-order valence-corrected chi connectivity index (χ4v) is 4.13. The molecule has 0 heterocycles. The largest absolute Gasteiger partial charge is 0.481 e. The number of aliphatic hydroxyl groups excluding tert-OH is 6. The van der Waals surface area contributed by atoms with Gasteiger partial charge in [0.15, 0.2) is 0 Å². The molecule has 33 heavy (non-hydrogen) atoms. The molecular weight excluding hydrogens is 430 g/mol. The van der Waals surface area contributed by atoms with Crippen LogP contribution in [0.1, 0.15) is 57.8 Å². The van der Waals surface area contributed by atoms with Crippen molar-refractivity contribution in [1.29, 1.82) is 0 Å². The second-order valence-corrected chi connectivity index (χ2v) is 9.09. The first-order valence-electron chi connectivity index (χ1n) is 12.0. The van der Waals surface area contributed by atoms with Gasteiger partial charge in [0.2, 0.25) is 0 Å². The van der Waals surface area contributed by atoms with E-state index in [9.17, 15) is 35.4 Å². The molecule has 1 rings (SSSR count). The zero-order valence-corrected chi connectivity index (χ0v) is 19.4. The van der Waals surface area contributed by atoms with Crippen molar-refractivity contribution in [3.8, 4) is 0 Å². The predicted molar refractivity (Wildman–Crippen MR) is 124 cm³/mol. The maximum atomic E-state index is 10.5. The molecule has 0 aromatic carbocycles. The van der Waals surface area contributed by atoms with Gasteiger partial charge in [-0.25, -0.2) is 0 Å². The lowest BCUT2D eigenvalue weighted by Crippen LogP contribution is -2.55. The Bertz CT molecular complexity index is 585. The van der Waals surface area contributed by atoms with Crippen molar-refractivity contribution in [2.45, 2.75) is 81.6 Å². The van der Waals surface area contributed by atoms with Gasteiger partial charge >= 0.3 is 5.97 Å². The zero-order valence-electron chi connectivity index (χ0n) is 19.4. The van der Waals surface area contributed by atoms with Gasteiger partial charge in [0.05, 0.1) is 43.7 Å². The van der Waals surface area contributed by atoms with E-state index in [-0.39, 0.29) is 38.1 Å². The lowest BCUT2D eigenvalue weighted by molar-refractivity contribution is -0.137. The molecule has 0 aromatic heterocycles. The molecule has 1 aliphatic carbocycles. The number of nitrogens with one attached hydrogen (secondary N) is 1. The lowest BCUT2D eigenvalue weighted by Gasteiger charge is -2.28. The topological polar surface area (TPSA) is 171 Å². The van der Waals surface area contributed by atoms with Crippen LogP contribution < -0.4 is 5.32 Å². The molecule has 9 heteroatoms. The normalized spacial score (nSPS) is 24.8. The Kier molecular flexibility index (Phi) is 14.7. The first kappa shape index (κ1) is 29.7. The molecule has 8 N–H and O–H groups in total. The molecule has 0 spiro atoms. The molecular formula is C24H43NO8. The monoisotopic (exact) mass is 473 g/mol. The Morgan fingerprint density at radius 1 is 1.00 bits per heavy atom. The van der Waals surface area contributed by atoms with Crippen molar-refractivity contribution in [3.05, 3.63) is 24.3 Å². The number of aliphatic hydroxyl groups is 6. The minimum absolute atomic E-state index is 0.129. The summed E-state index contributed by atoms with van der Waals surface area (Å²) in [5.74, 6) is -1.20. The van der Waals surface area contributed by atoms with Crippen molar-refractivity contribution in [2.75, 3.05) is 26.4 Å². The summed E-state index contributed by atoms with van der Waals surface area (Å²) in [6.07, 6.45) is 10.6. The van der Waals surface area contributed by atoms with Crippen molar-refractivity contribution >= 4 is 5.97 Å². The molecule has 1 fully saturated rings. The van der Waals surface area contributed by atoms with E-state index >= 15 is 0 Å². The van der Waals surface area contributed by atoms with Gasteiger partial charge in [-0.3, -0.25) is 4.79 Å². The molecule has 5 atom stereocenters. The van der Waals surface area contributed by atoms with Crippen LogP contribution in [0.5, 0.6) is 0 Å². The third kappa shape index (κ3) is 11.1. The number of hydrogen-bond donors (Lipinski definition) is 8. The van der Waals surface area contributed by atoms with Crippen LogP contribution in [-0.4, -0.2) is 91.9 Å².